The molecular weight excluding hydrogens is 404 g/mol. The number of benzene rings is 4. The van der Waals surface area contributed by atoms with Gasteiger partial charge in [-0.3, -0.25) is 4.79 Å². The van der Waals surface area contributed by atoms with E-state index in [4.69, 9.17) is 21.7 Å². The van der Waals surface area contributed by atoms with Crippen molar-refractivity contribution in [2.45, 2.75) is 24.9 Å². The highest BCUT2D eigenvalue weighted by molar-refractivity contribution is 5.92. The van der Waals surface area contributed by atoms with Crippen molar-refractivity contribution in [2.75, 3.05) is 0 Å². The zero-order valence-corrected chi connectivity index (χ0v) is 17.7. The monoisotopic (exact) mass is 430 g/mol. The first-order valence-corrected chi connectivity index (χ1v) is 10.2. The molecule has 6 nitrogen and oxygen atoms in total. The fourth-order valence-electron chi connectivity index (χ4n) is 3.59. The van der Waals surface area contributed by atoms with Crippen molar-refractivity contribution < 1.29 is 19.8 Å². The van der Waals surface area contributed by atoms with Gasteiger partial charge in [-0.25, -0.2) is 4.79 Å². The minimum absolute atomic E-state index is 0.358. The summed E-state index contributed by atoms with van der Waals surface area (Å²) in [4.78, 5) is 21.9. The van der Waals surface area contributed by atoms with E-state index in [0.29, 0.717) is 12.0 Å². The van der Waals surface area contributed by atoms with Crippen molar-refractivity contribution in [3.05, 3.63) is 96.1 Å². The van der Waals surface area contributed by atoms with Crippen molar-refractivity contribution >= 4 is 33.5 Å². The highest BCUT2D eigenvalue weighted by atomic mass is 16.4. The van der Waals surface area contributed by atoms with E-state index in [2.05, 4.69) is 0 Å². The molecule has 0 aliphatic carbocycles. The summed E-state index contributed by atoms with van der Waals surface area (Å²) in [6.45, 7) is 1.51. The molecule has 0 unspecified atom stereocenters. The van der Waals surface area contributed by atoms with Crippen molar-refractivity contribution in [1.82, 2.24) is 0 Å². The third-order valence-corrected chi connectivity index (χ3v) is 5.43. The van der Waals surface area contributed by atoms with Crippen LogP contribution in [0.1, 0.15) is 18.1 Å². The van der Waals surface area contributed by atoms with Gasteiger partial charge < -0.3 is 21.7 Å². The Morgan fingerprint density at radius 3 is 1.91 bits per heavy atom. The van der Waals surface area contributed by atoms with Crippen LogP contribution in [0.15, 0.2) is 84.9 Å². The lowest BCUT2D eigenvalue weighted by Crippen LogP contribution is -2.41. The summed E-state index contributed by atoms with van der Waals surface area (Å²) in [5.74, 6) is -1.99. The van der Waals surface area contributed by atoms with Crippen LogP contribution in [0.2, 0.25) is 0 Å². The van der Waals surface area contributed by atoms with Gasteiger partial charge in [0.1, 0.15) is 11.6 Å². The minimum atomic E-state index is -1.36. The van der Waals surface area contributed by atoms with Crippen LogP contribution in [0.4, 0.5) is 0 Å². The summed E-state index contributed by atoms with van der Waals surface area (Å²) in [7, 11) is 0. The molecule has 4 aromatic rings. The highest BCUT2D eigenvalue weighted by Crippen LogP contribution is 2.27. The minimum Gasteiger partial charge on any atom is -0.480 e. The summed E-state index contributed by atoms with van der Waals surface area (Å²) in [6, 6.07) is 26.1. The van der Waals surface area contributed by atoms with E-state index in [1.807, 2.05) is 78.9 Å². The standard InChI is InChI=1S/2C13H13NO2/c1-13(14,12(15)16)11-8-4-6-9-5-2-3-7-10(9)11;14-12(13(15)16)8-10-6-3-5-9-4-1-2-7-11(9)10/h2-8H,14H2,1H3,(H,15,16);1-7,12H,8,14H2,(H,15,16)/t13-;12-/m10/s1. The molecule has 6 heteroatoms. The maximum Gasteiger partial charge on any atom is 0.328 e. The van der Waals surface area contributed by atoms with E-state index >= 15 is 0 Å². The second kappa shape index (κ2) is 9.60. The molecule has 32 heavy (non-hydrogen) atoms. The smallest absolute Gasteiger partial charge is 0.328 e. The summed E-state index contributed by atoms with van der Waals surface area (Å²) >= 11 is 0. The van der Waals surface area contributed by atoms with E-state index in [0.717, 1.165) is 27.1 Å². The lowest BCUT2D eigenvalue weighted by Gasteiger charge is -2.21. The van der Waals surface area contributed by atoms with Gasteiger partial charge in [0.15, 0.2) is 0 Å². The number of aliphatic carboxylic acids is 2. The molecule has 0 radical (unpaired) electrons. The molecule has 0 fully saturated rings. The first-order valence-electron chi connectivity index (χ1n) is 10.2. The normalized spacial score (nSPS) is 13.6. The molecule has 2 atom stereocenters. The molecular formula is C26H26N2O4. The zero-order chi connectivity index (χ0) is 23.3. The average molecular weight is 431 g/mol. The topological polar surface area (TPSA) is 127 Å². The second-order valence-corrected chi connectivity index (χ2v) is 7.82. The van der Waals surface area contributed by atoms with Crippen LogP contribution in [0.25, 0.3) is 21.5 Å². The van der Waals surface area contributed by atoms with Crippen molar-refractivity contribution in [2.24, 2.45) is 11.5 Å². The highest BCUT2D eigenvalue weighted by Gasteiger charge is 2.31. The van der Waals surface area contributed by atoms with E-state index in [9.17, 15) is 9.59 Å². The van der Waals surface area contributed by atoms with Gasteiger partial charge in [0.2, 0.25) is 0 Å². The molecule has 0 amide bonds. The lowest BCUT2D eigenvalue weighted by molar-refractivity contribution is -0.143. The Labute approximate surface area is 186 Å². The van der Waals surface area contributed by atoms with Crippen LogP contribution >= 0.6 is 0 Å². The van der Waals surface area contributed by atoms with E-state index < -0.39 is 23.5 Å². The molecule has 0 saturated carbocycles. The Morgan fingerprint density at radius 2 is 1.31 bits per heavy atom. The predicted molar refractivity (Wildman–Crippen MR) is 126 cm³/mol. The third kappa shape index (κ3) is 4.94. The summed E-state index contributed by atoms with van der Waals surface area (Å²) in [5, 5.41) is 22.0. The second-order valence-electron chi connectivity index (χ2n) is 7.82. The molecule has 0 saturated heterocycles. The van der Waals surface area contributed by atoms with E-state index in [1.54, 1.807) is 6.07 Å². The van der Waals surface area contributed by atoms with Crippen LogP contribution < -0.4 is 11.5 Å². The Kier molecular flexibility index (Phi) is 6.88. The zero-order valence-electron chi connectivity index (χ0n) is 17.7. The van der Waals surface area contributed by atoms with Crippen LogP contribution in [-0.4, -0.2) is 28.2 Å². The predicted octanol–water partition coefficient (Wildman–Crippen LogP) is 3.89. The third-order valence-electron chi connectivity index (χ3n) is 5.43. The van der Waals surface area contributed by atoms with Gasteiger partial charge in [-0.2, -0.15) is 0 Å². The van der Waals surface area contributed by atoms with Gasteiger partial charge in [-0.1, -0.05) is 84.9 Å². The molecule has 0 aliphatic heterocycles. The SMILES string of the molecule is C[C@](N)(C(=O)O)c1cccc2ccccc12.N[C@@H](Cc1cccc2ccccc12)C(=O)O. The van der Waals surface area contributed by atoms with Gasteiger partial charge in [0.25, 0.3) is 0 Å². The fraction of sp³-hybridized carbons (Fsp3) is 0.154. The van der Waals surface area contributed by atoms with Crippen LogP contribution in [0.3, 0.4) is 0 Å². The molecule has 0 spiro atoms. The van der Waals surface area contributed by atoms with Gasteiger partial charge in [0.05, 0.1) is 0 Å². The quantitative estimate of drug-likeness (QED) is 0.380. The van der Waals surface area contributed by atoms with Gasteiger partial charge in [-0.05, 0) is 46.0 Å². The largest absolute Gasteiger partial charge is 0.480 e. The van der Waals surface area contributed by atoms with Crippen LogP contribution in [-0.2, 0) is 21.5 Å². The van der Waals surface area contributed by atoms with Gasteiger partial charge >= 0.3 is 11.9 Å². The maximum absolute atomic E-state index is 11.1. The molecule has 164 valence electrons. The summed E-state index contributed by atoms with van der Waals surface area (Å²) in [6.07, 6.45) is 0.358. The Bertz CT molecular complexity index is 1260. The molecule has 4 aromatic carbocycles. The van der Waals surface area contributed by atoms with Crippen LogP contribution in [0.5, 0.6) is 0 Å². The number of nitrogens with two attached hydrogens (primary N) is 2. The number of fused-ring (bicyclic) bond motifs is 2. The molecule has 4 rings (SSSR count). The van der Waals surface area contributed by atoms with Crippen molar-refractivity contribution in [1.29, 1.82) is 0 Å². The maximum atomic E-state index is 11.1. The van der Waals surface area contributed by atoms with E-state index in [1.165, 1.54) is 6.92 Å². The first kappa shape index (κ1) is 22.9. The number of carboxylic acids is 2. The Hall–Kier alpha value is -3.74. The summed E-state index contributed by atoms with van der Waals surface area (Å²) < 4.78 is 0. The molecule has 0 aromatic heterocycles. The molecule has 0 heterocycles. The number of rotatable bonds is 5. The van der Waals surface area contributed by atoms with Crippen molar-refractivity contribution in [3.8, 4) is 0 Å². The number of hydrogen-bond donors (Lipinski definition) is 4. The first-order chi connectivity index (χ1) is 15.2. The molecule has 6 N–H and O–H groups in total. The van der Waals surface area contributed by atoms with Gasteiger partial charge in [-0.15, -0.1) is 0 Å². The molecule has 0 bridgehead atoms. The Morgan fingerprint density at radius 1 is 0.812 bits per heavy atom. The average Bonchev–Trinajstić information content (AvgIpc) is 2.79. The Balaban J connectivity index is 0.000000181. The summed E-state index contributed by atoms with van der Waals surface area (Å²) in [5.41, 5.74) is 11.6. The fourth-order valence-corrected chi connectivity index (χ4v) is 3.59. The number of carboxylic acid groups (broad SMARTS) is 2. The number of hydrogen-bond acceptors (Lipinski definition) is 4. The van der Waals surface area contributed by atoms with Crippen LogP contribution in [0, 0.1) is 0 Å². The van der Waals surface area contributed by atoms with E-state index in [-0.39, 0.29) is 0 Å². The number of carbonyl (C=O) groups is 2. The lowest BCUT2D eigenvalue weighted by atomic mass is 9.89. The molecule has 0 aliphatic rings. The van der Waals surface area contributed by atoms with Crippen molar-refractivity contribution in [3.63, 3.8) is 0 Å². The van der Waals surface area contributed by atoms with Gasteiger partial charge in [0, 0.05) is 0 Å².